The van der Waals surface area contributed by atoms with Gasteiger partial charge in [0.15, 0.2) is 6.10 Å². The Labute approximate surface area is 229 Å². The summed E-state index contributed by atoms with van der Waals surface area (Å²) >= 11 is 0. The summed E-state index contributed by atoms with van der Waals surface area (Å²) in [4.78, 5) is 34.8. The van der Waals surface area contributed by atoms with E-state index in [-0.39, 0.29) is 13.2 Å². The predicted molar refractivity (Wildman–Crippen MR) is 150 cm³/mol. The molecule has 0 saturated heterocycles. The molecule has 38 heavy (non-hydrogen) atoms. The fourth-order valence-corrected chi connectivity index (χ4v) is 3.64. The van der Waals surface area contributed by atoms with Gasteiger partial charge in [-0.2, -0.15) is 0 Å². The molecule has 0 aliphatic carbocycles. The second-order valence-corrected chi connectivity index (χ2v) is 12.4. The second-order valence-electron chi connectivity index (χ2n) is 10.9. The van der Waals surface area contributed by atoms with Gasteiger partial charge in [0.05, 0.1) is 27.7 Å². The lowest BCUT2D eigenvalue weighted by Crippen LogP contribution is -2.37. The lowest BCUT2D eigenvalue weighted by molar-refractivity contribution is -0.870. The van der Waals surface area contributed by atoms with Crippen molar-refractivity contribution in [2.75, 3.05) is 47.5 Å². The molecule has 0 aromatic rings. The van der Waals surface area contributed by atoms with Gasteiger partial charge in [0.2, 0.25) is 0 Å². The molecule has 218 valence electrons. The van der Waals surface area contributed by atoms with Crippen molar-refractivity contribution in [2.45, 2.75) is 73.3 Å². The van der Waals surface area contributed by atoms with Crippen molar-refractivity contribution in [2.24, 2.45) is 0 Å². The Morgan fingerprint density at radius 3 is 1.79 bits per heavy atom. The topological polar surface area (TPSA) is 108 Å². The molecule has 0 aromatic heterocycles. The van der Waals surface area contributed by atoms with Gasteiger partial charge in [-0.1, -0.05) is 34.4 Å². The normalized spacial score (nSPS) is 14.8. The Kier molecular flexibility index (Phi) is 17.3. The van der Waals surface area contributed by atoms with Gasteiger partial charge in [-0.25, -0.2) is 14.2 Å². The molecular formula is C28H49NO8P+. The summed E-state index contributed by atoms with van der Waals surface area (Å²) in [6.45, 7) is 11.3. The average Bonchev–Trinajstić information content (AvgIpc) is 2.73. The summed E-state index contributed by atoms with van der Waals surface area (Å²) in [6, 6.07) is 0. The number of quaternary nitrogens is 1. The molecular weight excluding hydrogens is 509 g/mol. The number of hydrogen-bond acceptors (Lipinski definition) is 7. The molecule has 2 atom stereocenters. The maximum Gasteiger partial charge on any atom is 0.472 e. The largest absolute Gasteiger partial charge is 0.472 e. The summed E-state index contributed by atoms with van der Waals surface area (Å²) in [5, 5.41) is 0. The van der Waals surface area contributed by atoms with E-state index in [1.807, 2.05) is 62.7 Å². The van der Waals surface area contributed by atoms with Crippen LogP contribution in [-0.2, 0) is 32.7 Å². The van der Waals surface area contributed by atoms with E-state index in [1.54, 1.807) is 0 Å². The van der Waals surface area contributed by atoms with Crippen LogP contribution in [0.1, 0.15) is 67.2 Å². The third-order valence-electron chi connectivity index (χ3n) is 5.05. The summed E-state index contributed by atoms with van der Waals surface area (Å²) in [7, 11) is 1.36. The fraction of sp³-hybridized carbons (Fsp3) is 0.643. The Balaban J connectivity index is 5.20. The summed E-state index contributed by atoms with van der Waals surface area (Å²) < 4.78 is 33.6. The maximum absolute atomic E-state index is 12.5. The van der Waals surface area contributed by atoms with Crippen LogP contribution in [0.5, 0.6) is 0 Å². The number of esters is 2. The third-order valence-corrected chi connectivity index (χ3v) is 6.03. The van der Waals surface area contributed by atoms with Gasteiger partial charge in [0.1, 0.15) is 19.8 Å². The van der Waals surface area contributed by atoms with Crippen LogP contribution in [0.4, 0.5) is 0 Å². The average molecular weight is 559 g/mol. The molecule has 0 radical (unpaired) electrons. The SMILES string of the molecule is CC(C)=CCC/C(C)=C/C(=O)OC[C@H](COP(=O)(O)OCC[N+](C)(C)C)OC(=O)/C=C(\C)CCC=C(C)C. The Hall–Kier alpha value is -2.03. The maximum atomic E-state index is 12.5. The molecule has 0 heterocycles. The van der Waals surface area contributed by atoms with Crippen LogP contribution in [0.25, 0.3) is 0 Å². The van der Waals surface area contributed by atoms with Crippen LogP contribution in [0.3, 0.4) is 0 Å². The van der Waals surface area contributed by atoms with Crippen LogP contribution in [0.15, 0.2) is 46.6 Å². The molecule has 0 aliphatic heterocycles. The van der Waals surface area contributed by atoms with Crippen molar-refractivity contribution in [3.63, 3.8) is 0 Å². The van der Waals surface area contributed by atoms with Crippen molar-refractivity contribution in [3.8, 4) is 0 Å². The standard InChI is InChI=1S/C28H48NO8P/c1-22(2)12-10-14-24(5)18-27(30)34-20-26(21-36-38(32,33)35-17-16-29(7,8)9)37-28(31)19-25(6)15-11-13-23(3)4/h12-13,18-19,26H,10-11,14-17,20-21H2,1-9H3/p+1/b24-18+,25-19+/t26-/m1/s1. The van der Waals surface area contributed by atoms with Gasteiger partial charge in [0.25, 0.3) is 0 Å². The van der Waals surface area contributed by atoms with Gasteiger partial charge >= 0.3 is 19.8 Å². The number of allylic oxidation sites excluding steroid dienone is 6. The first-order valence-electron chi connectivity index (χ1n) is 12.9. The minimum absolute atomic E-state index is 0.00114. The van der Waals surface area contributed by atoms with Gasteiger partial charge < -0.3 is 18.9 Å². The van der Waals surface area contributed by atoms with E-state index in [1.165, 1.54) is 23.3 Å². The first-order chi connectivity index (χ1) is 17.5. The molecule has 0 saturated carbocycles. The third kappa shape index (κ3) is 22.0. The van der Waals surface area contributed by atoms with Crippen molar-refractivity contribution in [1.29, 1.82) is 0 Å². The number of phosphoric acid groups is 1. The van der Waals surface area contributed by atoms with Crippen LogP contribution in [-0.4, -0.2) is 74.9 Å². The minimum Gasteiger partial charge on any atom is -0.458 e. The van der Waals surface area contributed by atoms with Crippen molar-refractivity contribution in [3.05, 3.63) is 46.6 Å². The van der Waals surface area contributed by atoms with Crippen LogP contribution in [0, 0.1) is 0 Å². The van der Waals surface area contributed by atoms with Crippen molar-refractivity contribution >= 4 is 19.8 Å². The molecule has 0 rings (SSSR count). The molecule has 0 aliphatic rings. The molecule has 0 aromatic carbocycles. The molecule has 0 fully saturated rings. The first-order valence-corrected chi connectivity index (χ1v) is 14.4. The number of carbonyl (C=O) groups is 2. The van der Waals surface area contributed by atoms with Crippen LogP contribution >= 0.6 is 7.82 Å². The molecule has 0 bridgehead atoms. The predicted octanol–water partition coefficient (Wildman–Crippen LogP) is 5.67. The van der Waals surface area contributed by atoms with Crippen molar-refractivity contribution < 1.29 is 42.1 Å². The number of hydrogen-bond donors (Lipinski definition) is 1. The van der Waals surface area contributed by atoms with Gasteiger partial charge in [-0.05, 0) is 67.2 Å². The fourth-order valence-electron chi connectivity index (χ4n) is 2.90. The highest BCUT2D eigenvalue weighted by molar-refractivity contribution is 7.47. The summed E-state index contributed by atoms with van der Waals surface area (Å²) in [5.74, 6) is -1.25. The van der Waals surface area contributed by atoms with Gasteiger partial charge in [0, 0.05) is 12.2 Å². The summed E-state index contributed by atoms with van der Waals surface area (Å²) in [5.41, 5.74) is 4.06. The van der Waals surface area contributed by atoms with E-state index in [0.717, 1.165) is 24.0 Å². The van der Waals surface area contributed by atoms with Crippen LogP contribution in [0.2, 0.25) is 0 Å². The zero-order chi connectivity index (χ0) is 29.4. The lowest BCUT2D eigenvalue weighted by atomic mass is 10.1. The number of carbonyl (C=O) groups excluding carboxylic acids is 2. The number of phosphoric ester groups is 1. The van der Waals surface area contributed by atoms with Crippen molar-refractivity contribution in [1.82, 2.24) is 0 Å². The minimum atomic E-state index is -4.40. The first kappa shape index (κ1) is 36.0. The number of likely N-dealkylation sites (N-methyl/N-ethyl adjacent to an activating group) is 1. The highest BCUT2D eigenvalue weighted by Gasteiger charge is 2.26. The molecule has 1 N–H and O–H groups in total. The van der Waals surface area contributed by atoms with E-state index < -0.39 is 32.5 Å². The van der Waals surface area contributed by atoms with E-state index in [9.17, 15) is 19.0 Å². The molecule has 9 nitrogen and oxygen atoms in total. The number of rotatable bonds is 18. The molecule has 0 amide bonds. The Morgan fingerprint density at radius 1 is 0.816 bits per heavy atom. The van der Waals surface area contributed by atoms with E-state index >= 15 is 0 Å². The zero-order valence-corrected chi connectivity index (χ0v) is 25.6. The molecule has 0 spiro atoms. The van der Waals surface area contributed by atoms with E-state index in [0.29, 0.717) is 23.9 Å². The highest BCUT2D eigenvalue weighted by atomic mass is 31.2. The van der Waals surface area contributed by atoms with Gasteiger partial charge in [-0.15, -0.1) is 0 Å². The van der Waals surface area contributed by atoms with Crippen LogP contribution < -0.4 is 0 Å². The Morgan fingerprint density at radius 2 is 1.32 bits per heavy atom. The smallest absolute Gasteiger partial charge is 0.458 e. The highest BCUT2D eigenvalue weighted by Crippen LogP contribution is 2.43. The zero-order valence-electron chi connectivity index (χ0n) is 24.7. The Bertz CT molecular complexity index is 920. The monoisotopic (exact) mass is 558 g/mol. The second kappa shape index (κ2) is 18.3. The van der Waals surface area contributed by atoms with E-state index in [2.05, 4.69) is 12.2 Å². The van der Waals surface area contributed by atoms with E-state index in [4.69, 9.17) is 18.5 Å². The number of nitrogens with zero attached hydrogens (tertiary/aromatic N) is 1. The van der Waals surface area contributed by atoms with Gasteiger partial charge in [-0.3, -0.25) is 9.05 Å². The number of ether oxygens (including phenoxy) is 2. The lowest BCUT2D eigenvalue weighted by Gasteiger charge is -2.24. The summed E-state index contributed by atoms with van der Waals surface area (Å²) in [6.07, 6.45) is 8.79. The molecule has 1 unspecified atom stereocenters. The molecule has 10 heteroatoms. The quantitative estimate of drug-likeness (QED) is 0.0754.